The molecule has 1 amide bonds. The molecular formula is C20H20ClN3O. The highest BCUT2D eigenvalue weighted by Crippen LogP contribution is 2.22. The van der Waals surface area contributed by atoms with Crippen LogP contribution in [-0.2, 0) is 4.79 Å². The fourth-order valence-corrected chi connectivity index (χ4v) is 2.74. The predicted octanol–water partition coefficient (Wildman–Crippen LogP) is 4.74. The molecule has 1 atom stereocenters. The van der Waals surface area contributed by atoms with Crippen LogP contribution >= 0.6 is 11.6 Å². The van der Waals surface area contributed by atoms with Gasteiger partial charge in [-0.15, -0.1) is 0 Å². The Morgan fingerprint density at radius 2 is 1.88 bits per heavy atom. The van der Waals surface area contributed by atoms with Crippen LogP contribution in [0.3, 0.4) is 0 Å². The number of hydrogen-bond acceptors (Lipinski definition) is 2. The summed E-state index contributed by atoms with van der Waals surface area (Å²) in [6, 6.07) is 15.0. The van der Waals surface area contributed by atoms with Gasteiger partial charge in [0.25, 0.3) is 0 Å². The molecule has 0 aliphatic rings. The van der Waals surface area contributed by atoms with Gasteiger partial charge < -0.3 is 10.3 Å². The molecule has 3 rings (SSSR count). The van der Waals surface area contributed by atoms with E-state index in [9.17, 15) is 4.79 Å². The van der Waals surface area contributed by atoms with E-state index in [2.05, 4.69) is 29.1 Å². The maximum absolute atomic E-state index is 12.3. The van der Waals surface area contributed by atoms with Crippen LogP contribution in [0.5, 0.6) is 0 Å². The SMILES string of the molecule is CC(C)C(NC(=O)C=Cc1ccc(Cl)cc1)c1nc2ccccc2[nH]1. The van der Waals surface area contributed by atoms with Crippen molar-refractivity contribution < 1.29 is 4.79 Å². The average Bonchev–Trinajstić information content (AvgIpc) is 3.02. The van der Waals surface area contributed by atoms with Crippen LogP contribution in [0.1, 0.15) is 31.3 Å². The first-order chi connectivity index (χ1) is 12.0. The Kier molecular flexibility index (Phi) is 5.19. The fourth-order valence-electron chi connectivity index (χ4n) is 2.62. The summed E-state index contributed by atoms with van der Waals surface area (Å²) in [5.41, 5.74) is 2.78. The Balaban J connectivity index is 1.75. The number of para-hydroxylation sites is 2. The number of rotatable bonds is 5. The van der Waals surface area contributed by atoms with Gasteiger partial charge in [0.05, 0.1) is 17.1 Å². The number of carbonyl (C=O) groups is 1. The van der Waals surface area contributed by atoms with Crippen LogP contribution in [0.15, 0.2) is 54.6 Å². The average molecular weight is 354 g/mol. The largest absolute Gasteiger partial charge is 0.342 e. The Morgan fingerprint density at radius 1 is 1.16 bits per heavy atom. The van der Waals surface area contributed by atoms with Gasteiger partial charge in [-0.05, 0) is 41.8 Å². The molecule has 1 aromatic heterocycles. The zero-order chi connectivity index (χ0) is 17.8. The highest BCUT2D eigenvalue weighted by atomic mass is 35.5. The lowest BCUT2D eigenvalue weighted by Gasteiger charge is -2.19. The van der Waals surface area contributed by atoms with Crippen LogP contribution in [-0.4, -0.2) is 15.9 Å². The Bertz CT molecular complexity index is 864. The summed E-state index contributed by atoms with van der Waals surface area (Å²) >= 11 is 5.87. The van der Waals surface area contributed by atoms with E-state index in [0.29, 0.717) is 5.02 Å². The van der Waals surface area contributed by atoms with E-state index in [0.717, 1.165) is 22.4 Å². The number of fused-ring (bicyclic) bond motifs is 1. The van der Waals surface area contributed by atoms with Gasteiger partial charge in [-0.3, -0.25) is 4.79 Å². The molecule has 0 bridgehead atoms. The number of aromatic amines is 1. The number of imidazole rings is 1. The molecule has 0 saturated heterocycles. The second-order valence-electron chi connectivity index (χ2n) is 6.25. The van der Waals surface area contributed by atoms with Gasteiger partial charge in [0, 0.05) is 11.1 Å². The van der Waals surface area contributed by atoms with Crippen molar-refractivity contribution in [2.75, 3.05) is 0 Å². The zero-order valence-electron chi connectivity index (χ0n) is 14.2. The number of amides is 1. The Hall–Kier alpha value is -2.59. The molecule has 0 saturated carbocycles. The first-order valence-electron chi connectivity index (χ1n) is 8.22. The molecule has 0 spiro atoms. The number of aromatic nitrogens is 2. The molecular weight excluding hydrogens is 334 g/mol. The number of halogens is 1. The summed E-state index contributed by atoms with van der Waals surface area (Å²) in [5, 5.41) is 3.70. The molecule has 0 radical (unpaired) electrons. The number of nitrogens with zero attached hydrogens (tertiary/aromatic N) is 1. The third-order valence-corrected chi connectivity index (χ3v) is 4.22. The molecule has 5 heteroatoms. The molecule has 25 heavy (non-hydrogen) atoms. The van der Waals surface area contributed by atoms with Crippen LogP contribution in [0.25, 0.3) is 17.1 Å². The second-order valence-corrected chi connectivity index (χ2v) is 6.69. The summed E-state index contributed by atoms with van der Waals surface area (Å²) in [7, 11) is 0. The smallest absolute Gasteiger partial charge is 0.244 e. The van der Waals surface area contributed by atoms with Crippen molar-refractivity contribution in [1.29, 1.82) is 0 Å². The minimum Gasteiger partial charge on any atom is -0.342 e. The lowest BCUT2D eigenvalue weighted by Crippen LogP contribution is -2.31. The molecule has 1 unspecified atom stereocenters. The van der Waals surface area contributed by atoms with Crippen molar-refractivity contribution in [3.63, 3.8) is 0 Å². The van der Waals surface area contributed by atoms with Crippen LogP contribution < -0.4 is 5.32 Å². The first-order valence-corrected chi connectivity index (χ1v) is 8.59. The molecule has 4 nitrogen and oxygen atoms in total. The third-order valence-electron chi connectivity index (χ3n) is 3.96. The monoisotopic (exact) mass is 353 g/mol. The maximum Gasteiger partial charge on any atom is 0.244 e. The quantitative estimate of drug-likeness (QED) is 0.651. The van der Waals surface area contributed by atoms with E-state index in [1.54, 1.807) is 18.2 Å². The minimum atomic E-state index is -0.185. The molecule has 1 heterocycles. The molecule has 128 valence electrons. The minimum absolute atomic E-state index is 0.158. The highest BCUT2D eigenvalue weighted by molar-refractivity contribution is 6.30. The molecule has 2 N–H and O–H groups in total. The van der Waals surface area contributed by atoms with E-state index in [4.69, 9.17) is 11.6 Å². The van der Waals surface area contributed by atoms with E-state index >= 15 is 0 Å². The van der Waals surface area contributed by atoms with E-state index < -0.39 is 0 Å². The van der Waals surface area contributed by atoms with Gasteiger partial charge in [-0.1, -0.05) is 49.7 Å². The topological polar surface area (TPSA) is 57.8 Å². The number of hydrogen-bond donors (Lipinski definition) is 2. The summed E-state index contributed by atoms with van der Waals surface area (Å²) in [6.07, 6.45) is 3.29. The molecule has 0 aliphatic heterocycles. The van der Waals surface area contributed by atoms with Crippen molar-refractivity contribution in [2.24, 2.45) is 5.92 Å². The van der Waals surface area contributed by atoms with Crippen molar-refractivity contribution in [2.45, 2.75) is 19.9 Å². The number of benzene rings is 2. The molecule has 0 aliphatic carbocycles. The van der Waals surface area contributed by atoms with Gasteiger partial charge in [-0.25, -0.2) is 4.98 Å². The van der Waals surface area contributed by atoms with E-state index in [1.807, 2.05) is 36.4 Å². The molecule has 2 aromatic carbocycles. The normalized spacial score (nSPS) is 12.8. The third kappa shape index (κ3) is 4.28. The van der Waals surface area contributed by atoms with Crippen molar-refractivity contribution >= 4 is 34.6 Å². The first kappa shape index (κ1) is 17.2. The van der Waals surface area contributed by atoms with Crippen LogP contribution in [0, 0.1) is 5.92 Å². The van der Waals surface area contributed by atoms with Crippen LogP contribution in [0.4, 0.5) is 0 Å². The lowest BCUT2D eigenvalue weighted by molar-refractivity contribution is -0.117. The van der Waals surface area contributed by atoms with Gasteiger partial charge in [-0.2, -0.15) is 0 Å². The standard InChI is InChI=1S/C20H20ClN3O/c1-13(2)19(20-22-16-5-3-4-6-17(16)23-20)24-18(25)12-9-14-7-10-15(21)11-8-14/h3-13,19H,1-2H3,(H,22,23)(H,24,25). The van der Waals surface area contributed by atoms with Gasteiger partial charge in [0.15, 0.2) is 0 Å². The van der Waals surface area contributed by atoms with Crippen molar-refractivity contribution in [1.82, 2.24) is 15.3 Å². The Labute approximate surface area is 151 Å². The van der Waals surface area contributed by atoms with E-state index in [-0.39, 0.29) is 17.9 Å². The van der Waals surface area contributed by atoms with Crippen molar-refractivity contribution in [3.8, 4) is 0 Å². The Morgan fingerprint density at radius 3 is 2.56 bits per heavy atom. The summed E-state index contributed by atoms with van der Waals surface area (Å²) in [6.45, 7) is 4.11. The highest BCUT2D eigenvalue weighted by Gasteiger charge is 2.20. The summed E-state index contributed by atoms with van der Waals surface area (Å²) in [4.78, 5) is 20.2. The number of carbonyl (C=O) groups excluding carboxylic acids is 1. The summed E-state index contributed by atoms with van der Waals surface area (Å²) in [5.74, 6) is 0.812. The number of nitrogens with one attached hydrogen (secondary N) is 2. The number of H-pyrrole nitrogens is 1. The fraction of sp³-hybridized carbons (Fsp3) is 0.200. The lowest BCUT2D eigenvalue weighted by atomic mass is 10.0. The van der Waals surface area contributed by atoms with Gasteiger partial charge >= 0.3 is 0 Å². The zero-order valence-corrected chi connectivity index (χ0v) is 14.9. The molecule has 3 aromatic rings. The van der Waals surface area contributed by atoms with E-state index in [1.165, 1.54) is 6.08 Å². The predicted molar refractivity (Wildman–Crippen MR) is 102 cm³/mol. The van der Waals surface area contributed by atoms with Crippen LogP contribution in [0.2, 0.25) is 5.02 Å². The van der Waals surface area contributed by atoms with Crippen molar-refractivity contribution in [3.05, 3.63) is 71.0 Å². The molecule has 0 fully saturated rings. The second kappa shape index (κ2) is 7.53. The summed E-state index contributed by atoms with van der Waals surface area (Å²) < 4.78 is 0. The van der Waals surface area contributed by atoms with Gasteiger partial charge in [0.1, 0.15) is 5.82 Å². The maximum atomic E-state index is 12.3. The van der Waals surface area contributed by atoms with Gasteiger partial charge in [0.2, 0.25) is 5.91 Å².